The minimum Gasteiger partial charge on any atom is -0.508 e. The molecular formula is C21H27NO5. The Morgan fingerprint density at radius 2 is 1.70 bits per heavy atom. The number of carbonyl (C=O) groups is 1. The number of ether oxygens (including phenoxy) is 1. The summed E-state index contributed by atoms with van der Waals surface area (Å²) in [5.74, 6) is 0.803. The summed E-state index contributed by atoms with van der Waals surface area (Å²) in [4.78, 5) is 11.6. The molecule has 0 spiro atoms. The second-order valence-corrected chi connectivity index (χ2v) is 6.50. The van der Waals surface area contributed by atoms with Crippen LogP contribution in [0.5, 0.6) is 11.5 Å². The summed E-state index contributed by atoms with van der Waals surface area (Å²) >= 11 is 0. The van der Waals surface area contributed by atoms with Crippen molar-refractivity contribution in [1.29, 1.82) is 0 Å². The monoisotopic (exact) mass is 373 g/mol. The van der Waals surface area contributed by atoms with Gasteiger partial charge in [-0.2, -0.15) is 0 Å². The van der Waals surface area contributed by atoms with Crippen LogP contribution in [-0.2, 0) is 0 Å². The van der Waals surface area contributed by atoms with Crippen molar-refractivity contribution in [2.75, 3.05) is 13.2 Å². The third-order valence-electron chi connectivity index (χ3n) is 4.32. The third kappa shape index (κ3) is 6.36. The van der Waals surface area contributed by atoms with Gasteiger partial charge in [0.05, 0.1) is 6.10 Å². The van der Waals surface area contributed by atoms with E-state index in [1.54, 1.807) is 36.4 Å². The van der Waals surface area contributed by atoms with E-state index in [0.717, 1.165) is 0 Å². The number of nitrogens with one attached hydrogen (secondary N) is 1. The van der Waals surface area contributed by atoms with Crippen molar-refractivity contribution in [3.63, 3.8) is 0 Å². The van der Waals surface area contributed by atoms with Crippen LogP contribution in [0.2, 0.25) is 0 Å². The standard InChI is InChI=1S/C21H27NO5/c1-3-20(25)15-6-10-19(11-7-15)27-13-18(24)12-22-14(2)21(26)16-4-8-17(23)9-5-16/h4-11,14,18,21-24,26H,3,12-13H2,1-2H3/t14-,18-,21-/m1/s1. The van der Waals surface area contributed by atoms with Gasteiger partial charge in [-0.3, -0.25) is 4.79 Å². The molecule has 27 heavy (non-hydrogen) atoms. The number of hydrogen-bond acceptors (Lipinski definition) is 6. The zero-order chi connectivity index (χ0) is 19.8. The number of aliphatic hydroxyl groups excluding tert-OH is 2. The summed E-state index contributed by atoms with van der Waals surface area (Å²) in [5, 5.41) is 32.8. The van der Waals surface area contributed by atoms with Gasteiger partial charge < -0.3 is 25.4 Å². The van der Waals surface area contributed by atoms with E-state index in [1.807, 2.05) is 13.8 Å². The lowest BCUT2D eigenvalue weighted by Gasteiger charge is -2.22. The van der Waals surface area contributed by atoms with Crippen LogP contribution in [0.15, 0.2) is 48.5 Å². The molecule has 0 aliphatic rings. The number of aliphatic hydroxyl groups is 2. The summed E-state index contributed by atoms with van der Waals surface area (Å²) in [6.45, 7) is 3.98. The highest BCUT2D eigenvalue weighted by atomic mass is 16.5. The number of rotatable bonds is 10. The molecule has 2 rings (SSSR count). The normalized spacial score (nSPS) is 14.4. The Morgan fingerprint density at radius 3 is 2.30 bits per heavy atom. The molecule has 4 N–H and O–H groups in total. The molecule has 0 bridgehead atoms. The Labute approximate surface area is 159 Å². The van der Waals surface area contributed by atoms with Gasteiger partial charge in [0.25, 0.3) is 0 Å². The molecule has 2 aromatic carbocycles. The number of ketones is 1. The van der Waals surface area contributed by atoms with E-state index in [-0.39, 0.29) is 30.7 Å². The van der Waals surface area contributed by atoms with Crippen LogP contribution in [0.3, 0.4) is 0 Å². The maximum atomic E-state index is 11.6. The molecule has 6 heteroatoms. The number of benzene rings is 2. The van der Waals surface area contributed by atoms with E-state index in [2.05, 4.69) is 5.32 Å². The molecule has 0 aromatic heterocycles. The third-order valence-corrected chi connectivity index (χ3v) is 4.32. The Morgan fingerprint density at radius 1 is 1.07 bits per heavy atom. The topological polar surface area (TPSA) is 99.0 Å². The lowest BCUT2D eigenvalue weighted by atomic mass is 10.0. The molecule has 0 aliphatic heterocycles. The Balaban J connectivity index is 1.76. The molecule has 0 aliphatic carbocycles. The van der Waals surface area contributed by atoms with E-state index in [0.29, 0.717) is 23.3 Å². The van der Waals surface area contributed by atoms with Gasteiger partial charge in [-0.15, -0.1) is 0 Å². The maximum Gasteiger partial charge on any atom is 0.162 e. The van der Waals surface area contributed by atoms with Crippen LogP contribution in [-0.4, -0.2) is 46.4 Å². The van der Waals surface area contributed by atoms with Crippen LogP contribution in [0.25, 0.3) is 0 Å². The predicted octanol–water partition coefficient (Wildman–Crippen LogP) is 2.44. The molecule has 2 aromatic rings. The number of Topliss-reactive ketones (excluding diaryl/α,β-unsaturated/α-hetero) is 1. The van der Waals surface area contributed by atoms with Gasteiger partial charge in [-0.25, -0.2) is 0 Å². The van der Waals surface area contributed by atoms with E-state index >= 15 is 0 Å². The Kier molecular flexibility index (Phi) is 7.79. The minimum atomic E-state index is -0.762. The van der Waals surface area contributed by atoms with Crippen molar-refractivity contribution in [3.05, 3.63) is 59.7 Å². The Hall–Kier alpha value is -2.41. The van der Waals surface area contributed by atoms with E-state index in [9.17, 15) is 20.1 Å². The van der Waals surface area contributed by atoms with E-state index in [4.69, 9.17) is 4.74 Å². The average Bonchev–Trinajstić information content (AvgIpc) is 2.70. The fourth-order valence-electron chi connectivity index (χ4n) is 2.59. The first kappa shape index (κ1) is 20.9. The van der Waals surface area contributed by atoms with Crippen LogP contribution in [0, 0.1) is 0 Å². The minimum absolute atomic E-state index is 0.0759. The van der Waals surface area contributed by atoms with Crippen LogP contribution in [0.4, 0.5) is 0 Å². The molecule has 146 valence electrons. The van der Waals surface area contributed by atoms with Gasteiger partial charge in [-0.1, -0.05) is 19.1 Å². The predicted molar refractivity (Wildman–Crippen MR) is 103 cm³/mol. The van der Waals surface area contributed by atoms with Crippen LogP contribution in [0.1, 0.15) is 42.3 Å². The molecule has 0 saturated carbocycles. The summed E-state index contributed by atoms with van der Waals surface area (Å²) in [6.07, 6.45) is -1.06. The maximum absolute atomic E-state index is 11.6. The highest BCUT2D eigenvalue weighted by Crippen LogP contribution is 2.19. The van der Waals surface area contributed by atoms with Gasteiger partial charge in [-0.05, 0) is 48.9 Å². The van der Waals surface area contributed by atoms with E-state index in [1.165, 1.54) is 12.1 Å². The lowest BCUT2D eigenvalue weighted by Crippen LogP contribution is -2.39. The lowest BCUT2D eigenvalue weighted by molar-refractivity contribution is 0.0875. The first-order valence-electron chi connectivity index (χ1n) is 9.05. The molecule has 0 saturated heterocycles. The van der Waals surface area contributed by atoms with Gasteiger partial charge in [0, 0.05) is 24.6 Å². The van der Waals surface area contributed by atoms with Gasteiger partial charge in [0.1, 0.15) is 24.2 Å². The van der Waals surface area contributed by atoms with Gasteiger partial charge >= 0.3 is 0 Å². The van der Waals surface area contributed by atoms with Crippen molar-refractivity contribution in [2.45, 2.75) is 38.5 Å². The summed E-state index contributed by atoms with van der Waals surface area (Å²) in [5.41, 5.74) is 1.32. The summed E-state index contributed by atoms with van der Waals surface area (Å²) in [7, 11) is 0. The summed E-state index contributed by atoms with van der Waals surface area (Å²) in [6, 6.07) is 12.9. The quantitative estimate of drug-likeness (QED) is 0.478. The fourth-order valence-corrected chi connectivity index (χ4v) is 2.59. The zero-order valence-corrected chi connectivity index (χ0v) is 15.6. The molecule has 0 fully saturated rings. The molecule has 3 atom stereocenters. The number of carbonyl (C=O) groups excluding carboxylic acids is 1. The SMILES string of the molecule is CCC(=O)c1ccc(OC[C@H](O)CN[C@H](C)[C@@H](O)c2ccc(O)cc2)cc1. The van der Waals surface area contributed by atoms with Crippen molar-refractivity contribution in [1.82, 2.24) is 5.32 Å². The Bertz CT molecular complexity index is 714. The van der Waals surface area contributed by atoms with E-state index < -0.39 is 12.2 Å². The smallest absolute Gasteiger partial charge is 0.162 e. The van der Waals surface area contributed by atoms with Gasteiger partial charge in [0.2, 0.25) is 0 Å². The zero-order valence-electron chi connectivity index (χ0n) is 15.6. The first-order chi connectivity index (χ1) is 12.9. The number of hydrogen-bond donors (Lipinski definition) is 4. The van der Waals surface area contributed by atoms with Gasteiger partial charge in [0.15, 0.2) is 5.78 Å². The molecule has 0 heterocycles. The average molecular weight is 373 g/mol. The highest BCUT2D eigenvalue weighted by Gasteiger charge is 2.17. The van der Waals surface area contributed by atoms with Crippen LogP contribution >= 0.6 is 0 Å². The number of aromatic hydroxyl groups is 1. The van der Waals surface area contributed by atoms with Crippen molar-refractivity contribution in [2.24, 2.45) is 0 Å². The van der Waals surface area contributed by atoms with Crippen LogP contribution < -0.4 is 10.1 Å². The molecule has 0 radical (unpaired) electrons. The fraction of sp³-hybridized carbons (Fsp3) is 0.381. The molecule has 6 nitrogen and oxygen atoms in total. The second-order valence-electron chi connectivity index (χ2n) is 6.50. The van der Waals surface area contributed by atoms with Crippen molar-refractivity contribution >= 4 is 5.78 Å². The molecule has 0 amide bonds. The largest absolute Gasteiger partial charge is 0.508 e. The number of phenolic OH excluding ortho intramolecular Hbond substituents is 1. The second kappa shape index (κ2) is 10.1. The van der Waals surface area contributed by atoms with Crippen molar-refractivity contribution < 1.29 is 24.9 Å². The van der Waals surface area contributed by atoms with Crippen molar-refractivity contribution in [3.8, 4) is 11.5 Å². The highest BCUT2D eigenvalue weighted by molar-refractivity contribution is 5.95. The first-order valence-corrected chi connectivity index (χ1v) is 9.05. The molecular weight excluding hydrogens is 346 g/mol. The summed E-state index contributed by atoms with van der Waals surface area (Å²) < 4.78 is 5.54. The number of phenols is 1. The molecule has 0 unspecified atom stereocenters.